The first-order valence-electron chi connectivity index (χ1n) is 6.62. The van der Waals surface area contributed by atoms with Crippen LogP contribution in [0.4, 0.5) is 0 Å². The summed E-state index contributed by atoms with van der Waals surface area (Å²) >= 11 is 0. The molecule has 0 radical (unpaired) electrons. The summed E-state index contributed by atoms with van der Waals surface area (Å²) < 4.78 is 0. The molecule has 2 N–H and O–H groups in total. The molecule has 102 valence electrons. The lowest BCUT2D eigenvalue weighted by Gasteiger charge is -2.25. The molecular weight excluding hydrogens is 242 g/mol. The fraction of sp³-hybridized carbons (Fsp3) is 0.467. The van der Waals surface area contributed by atoms with Crippen molar-refractivity contribution in [2.24, 2.45) is 0 Å². The smallest absolute Gasteiger partial charge is 0.335 e. The van der Waals surface area contributed by atoms with Gasteiger partial charge in [0, 0.05) is 5.54 Å². The van der Waals surface area contributed by atoms with E-state index in [9.17, 15) is 9.59 Å². The van der Waals surface area contributed by atoms with E-state index in [4.69, 9.17) is 5.11 Å². The van der Waals surface area contributed by atoms with Gasteiger partial charge in [0.15, 0.2) is 0 Å². The van der Waals surface area contributed by atoms with Gasteiger partial charge in [-0.2, -0.15) is 0 Å². The number of carboxylic acid groups (broad SMARTS) is 1. The highest BCUT2D eigenvalue weighted by atomic mass is 16.4. The van der Waals surface area contributed by atoms with Crippen LogP contribution in [0.5, 0.6) is 0 Å². The third-order valence-corrected chi connectivity index (χ3v) is 3.69. The molecule has 1 fully saturated rings. The normalized spacial score (nSPS) is 17.1. The molecule has 4 nitrogen and oxygen atoms in total. The SMILES string of the molecule is CC1(NC(=O)Cc2cccc(C(=O)O)c2)CCCC1. The number of carboxylic acids is 1. The van der Waals surface area contributed by atoms with Gasteiger partial charge in [0.2, 0.25) is 5.91 Å². The zero-order valence-electron chi connectivity index (χ0n) is 11.1. The fourth-order valence-corrected chi connectivity index (χ4v) is 2.66. The Morgan fingerprint density at radius 2 is 2.00 bits per heavy atom. The van der Waals surface area contributed by atoms with Crippen molar-refractivity contribution in [2.75, 3.05) is 0 Å². The summed E-state index contributed by atoms with van der Waals surface area (Å²) in [4.78, 5) is 22.9. The Labute approximate surface area is 112 Å². The first-order chi connectivity index (χ1) is 8.98. The van der Waals surface area contributed by atoms with Crippen LogP contribution >= 0.6 is 0 Å². The van der Waals surface area contributed by atoms with Gasteiger partial charge in [-0.1, -0.05) is 25.0 Å². The molecule has 0 bridgehead atoms. The molecule has 0 spiro atoms. The molecule has 1 amide bonds. The van der Waals surface area contributed by atoms with Crippen molar-refractivity contribution in [2.45, 2.75) is 44.6 Å². The van der Waals surface area contributed by atoms with E-state index in [2.05, 4.69) is 12.2 Å². The standard InChI is InChI=1S/C15H19NO3/c1-15(7-2-3-8-15)16-13(17)10-11-5-4-6-12(9-11)14(18)19/h4-6,9H,2-3,7-8,10H2,1H3,(H,16,17)(H,18,19). The Morgan fingerprint density at radius 3 is 2.63 bits per heavy atom. The molecule has 2 rings (SSSR count). The maximum absolute atomic E-state index is 12.0. The zero-order chi connectivity index (χ0) is 13.9. The number of hydrogen-bond donors (Lipinski definition) is 2. The van der Waals surface area contributed by atoms with Crippen LogP contribution in [0.2, 0.25) is 0 Å². The van der Waals surface area contributed by atoms with E-state index in [1.807, 2.05) is 0 Å². The van der Waals surface area contributed by atoms with Crippen molar-refractivity contribution in [3.63, 3.8) is 0 Å². The van der Waals surface area contributed by atoms with Gasteiger partial charge in [-0.05, 0) is 37.5 Å². The summed E-state index contributed by atoms with van der Waals surface area (Å²) in [5.41, 5.74) is 0.873. The minimum atomic E-state index is -0.968. The predicted octanol–water partition coefficient (Wildman–Crippen LogP) is 2.38. The Morgan fingerprint density at radius 1 is 1.32 bits per heavy atom. The summed E-state index contributed by atoms with van der Waals surface area (Å²) in [7, 11) is 0. The monoisotopic (exact) mass is 261 g/mol. The Hall–Kier alpha value is -1.84. The van der Waals surface area contributed by atoms with Crippen LogP contribution < -0.4 is 5.32 Å². The van der Waals surface area contributed by atoms with Crippen LogP contribution in [0.1, 0.15) is 48.5 Å². The summed E-state index contributed by atoms with van der Waals surface area (Å²) in [5.74, 6) is -1.00. The largest absolute Gasteiger partial charge is 0.478 e. The van der Waals surface area contributed by atoms with Gasteiger partial charge in [-0.15, -0.1) is 0 Å². The minimum Gasteiger partial charge on any atom is -0.478 e. The number of nitrogens with one attached hydrogen (secondary N) is 1. The van der Waals surface area contributed by atoms with E-state index in [1.54, 1.807) is 18.2 Å². The van der Waals surface area contributed by atoms with Crippen molar-refractivity contribution >= 4 is 11.9 Å². The van der Waals surface area contributed by atoms with E-state index in [0.29, 0.717) is 0 Å². The number of benzene rings is 1. The summed E-state index contributed by atoms with van der Waals surface area (Å²) in [5, 5.41) is 12.0. The van der Waals surface area contributed by atoms with Gasteiger partial charge in [0.1, 0.15) is 0 Å². The van der Waals surface area contributed by atoms with Crippen molar-refractivity contribution in [3.05, 3.63) is 35.4 Å². The molecule has 19 heavy (non-hydrogen) atoms. The summed E-state index contributed by atoms with van der Waals surface area (Å²) in [6.45, 7) is 2.07. The molecular formula is C15H19NO3. The Balaban J connectivity index is 1.98. The molecule has 1 saturated carbocycles. The lowest BCUT2D eigenvalue weighted by Crippen LogP contribution is -2.44. The van der Waals surface area contributed by atoms with Gasteiger partial charge in [0.05, 0.1) is 12.0 Å². The first-order valence-corrected chi connectivity index (χ1v) is 6.62. The van der Waals surface area contributed by atoms with Gasteiger partial charge >= 0.3 is 5.97 Å². The second-order valence-electron chi connectivity index (χ2n) is 5.50. The molecule has 1 aromatic rings. The highest BCUT2D eigenvalue weighted by molar-refractivity contribution is 5.88. The second kappa shape index (κ2) is 5.43. The van der Waals surface area contributed by atoms with E-state index < -0.39 is 5.97 Å². The maximum atomic E-state index is 12.0. The highest BCUT2D eigenvalue weighted by Gasteiger charge is 2.29. The third-order valence-electron chi connectivity index (χ3n) is 3.69. The van der Waals surface area contributed by atoms with Crippen LogP contribution in [0.15, 0.2) is 24.3 Å². The number of amides is 1. The molecule has 1 aromatic carbocycles. The van der Waals surface area contributed by atoms with E-state index >= 15 is 0 Å². The zero-order valence-corrected chi connectivity index (χ0v) is 11.1. The number of carbonyl (C=O) groups is 2. The molecule has 1 aliphatic carbocycles. The number of hydrogen-bond acceptors (Lipinski definition) is 2. The van der Waals surface area contributed by atoms with Gasteiger partial charge in [0.25, 0.3) is 0 Å². The molecule has 0 aliphatic heterocycles. The fourth-order valence-electron chi connectivity index (χ4n) is 2.66. The number of carbonyl (C=O) groups excluding carboxylic acids is 1. The van der Waals surface area contributed by atoms with Crippen LogP contribution in [0.3, 0.4) is 0 Å². The van der Waals surface area contributed by atoms with Gasteiger partial charge in [-0.25, -0.2) is 4.79 Å². The molecule has 1 aliphatic rings. The maximum Gasteiger partial charge on any atom is 0.335 e. The van der Waals surface area contributed by atoms with Gasteiger partial charge < -0.3 is 10.4 Å². The topological polar surface area (TPSA) is 66.4 Å². The number of aromatic carboxylic acids is 1. The summed E-state index contributed by atoms with van der Waals surface area (Å²) in [6, 6.07) is 6.53. The Bertz CT molecular complexity index is 490. The van der Waals surface area contributed by atoms with Crippen molar-refractivity contribution in [1.29, 1.82) is 0 Å². The molecule has 0 aromatic heterocycles. The third kappa shape index (κ3) is 3.56. The van der Waals surface area contributed by atoms with Crippen molar-refractivity contribution in [3.8, 4) is 0 Å². The van der Waals surface area contributed by atoms with E-state index in [0.717, 1.165) is 31.2 Å². The second-order valence-corrected chi connectivity index (χ2v) is 5.50. The van der Waals surface area contributed by atoms with E-state index in [-0.39, 0.29) is 23.4 Å². The highest BCUT2D eigenvalue weighted by Crippen LogP contribution is 2.28. The summed E-state index contributed by atoms with van der Waals surface area (Å²) in [6.07, 6.45) is 4.59. The van der Waals surface area contributed by atoms with Crippen LogP contribution in [0, 0.1) is 0 Å². The minimum absolute atomic E-state index is 0.0352. The first kappa shape index (κ1) is 13.6. The molecule has 0 atom stereocenters. The van der Waals surface area contributed by atoms with Crippen LogP contribution in [0.25, 0.3) is 0 Å². The molecule has 0 saturated heterocycles. The number of rotatable bonds is 4. The molecule has 0 unspecified atom stereocenters. The quantitative estimate of drug-likeness (QED) is 0.874. The lowest BCUT2D eigenvalue weighted by atomic mass is 10.00. The molecule has 0 heterocycles. The predicted molar refractivity (Wildman–Crippen MR) is 72.1 cm³/mol. The van der Waals surface area contributed by atoms with Crippen molar-refractivity contribution in [1.82, 2.24) is 5.32 Å². The van der Waals surface area contributed by atoms with Crippen molar-refractivity contribution < 1.29 is 14.7 Å². The van der Waals surface area contributed by atoms with Crippen LogP contribution in [-0.4, -0.2) is 22.5 Å². The van der Waals surface area contributed by atoms with Gasteiger partial charge in [-0.3, -0.25) is 4.79 Å². The molecule has 4 heteroatoms. The average Bonchev–Trinajstić information content (AvgIpc) is 2.75. The van der Waals surface area contributed by atoms with Crippen LogP contribution in [-0.2, 0) is 11.2 Å². The Kier molecular flexibility index (Phi) is 3.88. The lowest BCUT2D eigenvalue weighted by molar-refractivity contribution is -0.122. The van der Waals surface area contributed by atoms with E-state index in [1.165, 1.54) is 6.07 Å². The average molecular weight is 261 g/mol.